The number of carbonyl (C=O) groups is 1. The lowest BCUT2D eigenvalue weighted by atomic mass is 10.1. The third-order valence-electron chi connectivity index (χ3n) is 4.59. The molecule has 2 saturated heterocycles. The molecule has 0 aliphatic carbocycles. The number of morpholine rings is 1. The monoisotopic (exact) mass is 425 g/mol. The Kier molecular flexibility index (Phi) is 11.6. The summed E-state index contributed by atoms with van der Waals surface area (Å²) in [5.41, 5.74) is 6.40. The van der Waals surface area contributed by atoms with Crippen molar-refractivity contribution >= 4 is 18.2 Å². The molecule has 2 aliphatic rings. The number of likely N-dealkylation sites (tertiary alicyclic amines) is 1. The SMILES string of the molecule is CC(C)(C)OC=O.CCc1cc(N)nc(N2CCOCC2)n1.CN1CC[C@@H](CO)C1. The van der Waals surface area contributed by atoms with Crippen LogP contribution < -0.4 is 10.6 Å². The lowest BCUT2D eigenvalue weighted by Gasteiger charge is -2.27. The maximum absolute atomic E-state index is 9.60. The molecule has 0 saturated carbocycles. The molecule has 1 aromatic rings. The summed E-state index contributed by atoms with van der Waals surface area (Å²) in [4.78, 5) is 22.7. The Hall–Kier alpha value is -1.97. The number of aromatic nitrogens is 2. The van der Waals surface area contributed by atoms with Crippen molar-refractivity contribution < 1.29 is 19.4 Å². The minimum absolute atomic E-state index is 0.318. The first-order valence-electron chi connectivity index (χ1n) is 10.6. The molecule has 0 unspecified atom stereocenters. The zero-order valence-electron chi connectivity index (χ0n) is 19.1. The van der Waals surface area contributed by atoms with Crippen LogP contribution in [-0.4, -0.2) is 85.1 Å². The van der Waals surface area contributed by atoms with E-state index in [0.717, 1.165) is 57.5 Å². The van der Waals surface area contributed by atoms with E-state index in [1.807, 2.05) is 26.8 Å². The molecule has 2 fully saturated rings. The first kappa shape index (κ1) is 26.1. The first-order chi connectivity index (χ1) is 14.2. The van der Waals surface area contributed by atoms with Crippen molar-refractivity contribution in [3.05, 3.63) is 11.8 Å². The van der Waals surface area contributed by atoms with Crippen molar-refractivity contribution in [3.8, 4) is 0 Å². The summed E-state index contributed by atoms with van der Waals surface area (Å²) in [6, 6.07) is 1.82. The second-order valence-electron chi connectivity index (χ2n) is 8.46. The molecule has 0 amide bonds. The molecule has 9 heteroatoms. The molecule has 30 heavy (non-hydrogen) atoms. The number of hydrogen-bond acceptors (Lipinski definition) is 9. The average Bonchev–Trinajstić information content (AvgIpc) is 3.14. The van der Waals surface area contributed by atoms with Gasteiger partial charge in [-0.1, -0.05) is 6.92 Å². The second kappa shape index (κ2) is 13.4. The van der Waals surface area contributed by atoms with Gasteiger partial charge in [-0.2, -0.15) is 4.98 Å². The predicted octanol–water partition coefficient (Wildman–Crippen LogP) is 1.35. The molecule has 0 spiro atoms. The van der Waals surface area contributed by atoms with Gasteiger partial charge in [-0.05, 0) is 53.1 Å². The van der Waals surface area contributed by atoms with Crippen LogP contribution in [0.1, 0.15) is 39.8 Å². The summed E-state index contributed by atoms with van der Waals surface area (Å²) in [7, 11) is 2.09. The van der Waals surface area contributed by atoms with Crippen molar-refractivity contribution in [1.29, 1.82) is 0 Å². The van der Waals surface area contributed by atoms with Gasteiger partial charge in [0.1, 0.15) is 11.4 Å². The molecule has 3 heterocycles. The lowest BCUT2D eigenvalue weighted by molar-refractivity contribution is -0.138. The summed E-state index contributed by atoms with van der Waals surface area (Å²) in [5, 5.41) is 8.66. The fourth-order valence-corrected chi connectivity index (χ4v) is 2.91. The third kappa shape index (κ3) is 10.7. The summed E-state index contributed by atoms with van der Waals surface area (Å²) >= 11 is 0. The number of nitrogens with zero attached hydrogens (tertiary/aromatic N) is 4. The largest absolute Gasteiger partial charge is 0.462 e. The van der Waals surface area contributed by atoms with E-state index in [1.165, 1.54) is 6.42 Å². The summed E-state index contributed by atoms with van der Waals surface area (Å²) in [5.74, 6) is 1.83. The zero-order valence-corrected chi connectivity index (χ0v) is 19.1. The van der Waals surface area contributed by atoms with E-state index in [1.54, 1.807) is 0 Å². The Morgan fingerprint density at radius 1 is 1.30 bits per heavy atom. The van der Waals surface area contributed by atoms with Crippen molar-refractivity contribution in [1.82, 2.24) is 14.9 Å². The van der Waals surface area contributed by atoms with Gasteiger partial charge >= 0.3 is 0 Å². The second-order valence-corrected chi connectivity index (χ2v) is 8.46. The highest BCUT2D eigenvalue weighted by atomic mass is 16.5. The number of anilines is 2. The molecule has 9 nitrogen and oxygen atoms in total. The number of aryl methyl sites for hydroxylation is 1. The maximum Gasteiger partial charge on any atom is 0.293 e. The number of nitrogens with two attached hydrogens (primary N) is 1. The van der Waals surface area contributed by atoms with Crippen LogP contribution in [0.5, 0.6) is 0 Å². The van der Waals surface area contributed by atoms with Crippen molar-refractivity contribution in [2.24, 2.45) is 5.92 Å². The fraction of sp³-hybridized carbons (Fsp3) is 0.762. The van der Waals surface area contributed by atoms with Crippen molar-refractivity contribution in [3.63, 3.8) is 0 Å². The van der Waals surface area contributed by atoms with Crippen LogP contribution >= 0.6 is 0 Å². The number of aliphatic hydroxyl groups is 1. The number of rotatable bonds is 4. The molecule has 0 bridgehead atoms. The maximum atomic E-state index is 9.60. The molecule has 3 rings (SSSR count). The number of carbonyl (C=O) groups excluding carboxylic acids is 1. The van der Waals surface area contributed by atoms with E-state index < -0.39 is 0 Å². The lowest BCUT2D eigenvalue weighted by Crippen LogP contribution is -2.37. The van der Waals surface area contributed by atoms with Crippen molar-refractivity contribution in [2.75, 3.05) is 63.7 Å². The molecule has 2 aliphatic heterocycles. The minimum Gasteiger partial charge on any atom is -0.462 e. The average molecular weight is 426 g/mol. The van der Waals surface area contributed by atoms with Gasteiger partial charge in [-0.15, -0.1) is 0 Å². The highest BCUT2D eigenvalue weighted by Crippen LogP contribution is 2.14. The van der Waals surface area contributed by atoms with Gasteiger partial charge in [0.15, 0.2) is 0 Å². The van der Waals surface area contributed by atoms with Crippen LogP contribution in [0, 0.1) is 5.92 Å². The fourth-order valence-electron chi connectivity index (χ4n) is 2.91. The predicted molar refractivity (Wildman–Crippen MR) is 118 cm³/mol. The summed E-state index contributed by atoms with van der Waals surface area (Å²) in [6.07, 6.45) is 2.05. The Bertz CT molecular complexity index is 618. The van der Waals surface area contributed by atoms with Gasteiger partial charge in [0.25, 0.3) is 6.47 Å². The highest BCUT2D eigenvalue weighted by Gasteiger charge is 2.17. The first-order valence-corrected chi connectivity index (χ1v) is 10.6. The van der Waals surface area contributed by atoms with Gasteiger partial charge in [-0.3, -0.25) is 4.79 Å². The molecule has 3 N–H and O–H groups in total. The van der Waals surface area contributed by atoms with E-state index in [0.29, 0.717) is 24.8 Å². The Morgan fingerprint density at radius 3 is 2.37 bits per heavy atom. The van der Waals surface area contributed by atoms with Crippen LogP contribution in [-0.2, 0) is 20.7 Å². The van der Waals surface area contributed by atoms with Crippen LogP contribution in [0.4, 0.5) is 11.8 Å². The van der Waals surface area contributed by atoms with Gasteiger partial charge < -0.3 is 30.1 Å². The smallest absolute Gasteiger partial charge is 0.293 e. The molecular formula is C21H39N5O4. The Balaban J connectivity index is 0.000000254. The van der Waals surface area contributed by atoms with Gasteiger partial charge in [0, 0.05) is 38.0 Å². The third-order valence-corrected chi connectivity index (χ3v) is 4.59. The molecule has 0 aromatic carbocycles. The minimum atomic E-state index is -0.318. The van der Waals surface area contributed by atoms with E-state index >= 15 is 0 Å². The van der Waals surface area contributed by atoms with Crippen molar-refractivity contribution in [2.45, 2.75) is 46.1 Å². The Morgan fingerprint density at radius 2 is 1.97 bits per heavy atom. The number of hydrogen-bond donors (Lipinski definition) is 2. The molecular weight excluding hydrogens is 386 g/mol. The highest BCUT2D eigenvalue weighted by molar-refractivity contribution is 5.40. The normalized spacial score (nSPS) is 19.3. The molecule has 1 aromatic heterocycles. The van der Waals surface area contributed by atoms with Gasteiger partial charge in [0.2, 0.25) is 5.95 Å². The number of aliphatic hydroxyl groups excluding tert-OH is 1. The molecule has 172 valence electrons. The quantitative estimate of drug-likeness (QED) is 0.690. The van der Waals surface area contributed by atoms with E-state index in [9.17, 15) is 4.79 Å². The van der Waals surface area contributed by atoms with E-state index in [4.69, 9.17) is 15.6 Å². The molecule has 0 radical (unpaired) electrons. The van der Waals surface area contributed by atoms with Crippen LogP contribution in [0.2, 0.25) is 0 Å². The standard InChI is InChI=1S/C10H16N4O.C6H13NO.C5H10O2/c1-2-8-7-9(11)13-10(12-8)14-3-5-15-6-4-14;1-7-3-2-6(4-7)5-8;1-5(2,3)7-4-6/h7H,2-6H2,1H3,(H2,11,12,13);6,8H,2-5H2,1H3;4H,1-3H3/t;6-;/m.1./s1. The Labute approximate surface area is 180 Å². The summed E-state index contributed by atoms with van der Waals surface area (Å²) < 4.78 is 9.83. The number of nitrogen functional groups attached to an aromatic ring is 1. The van der Waals surface area contributed by atoms with E-state index in [2.05, 4.69) is 38.5 Å². The van der Waals surface area contributed by atoms with E-state index in [-0.39, 0.29) is 5.60 Å². The van der Waals surface area contributed by atoms with Crippen LogP contribution in [0.3, 0.4) is 0 Å². The van der Waals surface area contributed by atoms with Gasteiger partial charge in [-0.25, -0.2) is 4.98 Å². The number of ether oxygens (including phenoxy) is 2. The summed E-state index contributed by atoms with van der Waals surface area (Å²) in [6.45, 7) is 13.7. The topological polar surface area (TPSA) is 114 Å². The van der Waals surface area contributed by atoms with Crippen LogP contribution in [0.15, 0.2) is 6.07 Å². The van der Waals surface area contributed by atoms with Crippen LogP contribution in [0.25, 0.3) is 0 Å². The van der Waals surface area contributed by atoms with Gasteiger partial charge in [0.05, 0.1) is 13.2 Å². The zero-order chi connectivity index (χ0) is 22.6. The molecule has 1 atom stereocenters.